The van der Waals surface area contributed by atoms with Crippen LogP contribution in [-0.4, -0.2) is 37.1 Å². The maximum Gasteiger partial charge on any atom is 0.191 e. The van der Waals surface area contributed by atoms with Crippen LogP contribution >= 0.6 is 35.3 Å². The summed E-state index contributed by atoms with van der Waals surface area (Å²) in [7, 11) is 1.81. The zero-order valence-electron chi connectivity index (χ0n) is 15.7. The number of aryl methyl sites for hydroxylation is 1. The van der Waals surface area contributed by atoms with Gasteiger partial charge in [0.2, 0.25) is 0 Å². The van der Waals surface area contributed by atoms with E-state index in [9.17, 15) is 0 Å². The molecule has 2 N–H and O–H groups in total. The summed E-state index contributed by atoms with van der Waals surface area (Å²) >= 11 is 1.76. The van der Waals surface area contributed by atoms with Crippen molar-refractivity contribution in [3.8, 4) is 0 Å². The first-order valence-electron chi connectivity index (χ1n) is 8.94. The van der Waals surface area contributed by atoms with E-state index >= 15 is 0 Å². The van der Waals surface area contributed by atoms with E-state index in [1.54, 1.807) is 11.3 Å². The van der Waals surface area contributed by atoms with Gasteiger partial charge in [-0.3, -0.25) is 4.99 Å². The molecule has 1 atom stereocenters. The highest BCUT2D eigenvalue weighted by Crippen LogP contribution is 2.31. The Labute approximate surface area is 177 Å². The molecule has 0 amide bonds. The summed E-state index contributed by atoms with van der Waals surface area (Å²) in [6.45, 7) is 6.99. The molecule has 7 heteroatoms. The van der Waals surface area contributed by atoms with Gasteiger partial charge in [0.1, 0.15) is 5.01 Å². The summed E-state index contributed by atoms with van der Waals surface area (Å²) in [6.07, 6.45) is 4.14. The van der Waals surface area contributed by atoms with Crippen LogP contribution in [0.2, 0.25) is 0 Å². The number of nitrogens with one attached hydrogen (secondary N) is 2. The van der Waals surface area contributed by atoms with Gasteiger partial charge in [-0.1, -0.05) is 25.1 Å². The monoisotopic (exact) mass is 485 g/mol. The number of fused-ring (bicyclic) bond motifs is 1. The first-order chi connectivity index (χ1) is 12.2. The van der Waals surface area contributed by atoms with Gasteiger partial charge in [0.25, 0.3) is 0 Å². The molecular formula is C19H28IN5S. The van der Waals surface area contributed by atoms with Crippen molar-refractivity contribution >= 4 is 47.0 Å². The summed E-state index contributed by atoms with van der Waals surface area (Å²) in [4.78, 5) is 12.5. The number of aliphatic imine (C=N–C) groups is 1. The predicted octanol–water partition coefficient (Wildman–Crippen LogP) is 3.44. The zero-order valence-corrected chi connectivity index (χ0v) is 18.8. The topological polar surface area (TPSA) is 52.6 Å². The highest BCUT2D eigenvalue weighted by molar-refractivity contribution is 14.0. The van der Waals surface area contributed by atoms with E-state index in [-0.39, 0.29) is 24.0 Å². The van der Waals surface area contributed by atoms with Crippen LogP contribution in [0.1, 0.15) is 29.3 Å². The molecule has 26 heavy (non-hydrogen) atoms. The van der Waals surface area contributed by atoms with E-state index in [0.29, 0.717) is 12.6 Å². The molecule has 0 saturated carbocycles. The molecular weight excluding hydrogens is 457 g/mol. The van der Waals surface area contributed by atoms with Crippen LogP contribution in [0.25, 0.3) is 0 Å². The number of hydrogen-bond donors (Lipinski definition) is 2. The molecule has 2 heterocycles. The molecule has 1 unspecified atom stereocenters. The largest absolute Gasteiger partial charge is 0.367 e. The minimum Gasteiger partial charge on any atom is -0.367 e. The molecule has 1 aromatic heterocycles. The van der Waals surface area contributed by atoms with Crippen molar-refractivity contribution in [1.82, 2.24) is 15.6 Å². The summed E-state index contributed by atoms with van der Waals surface area (Å²) in [6, 6.07) is 9.26. The molecule has 0 fully saturated rings. The molecule has 5 nitrogen and oxygen atoms in total. The zero-order chi connectivity index (χ0) is 17.6. The quantitative estimate of drug-likeness (QED) is 0.374. The average molecular weight is 485 g/mol. The van der Waals surface area contributed by atoms with Gasteiger partial charge < -0.3 is 15.5 Å². The van der Waals surface area contributed by atoms with Gasteiger partial charge >= 0.3 is 0 Å². The second kappa shape index (κ2) is 10.1. The average Bonchev–Trinajstić information content (AvgIpc) is 3.22. The lowest BCUT2D eigenvalue weighted by Crippen LogP contribution is -2.42. The Morgan fingerprint density at radius 3 is 2.88 bits per heavy atom. The van der Waals surface area contributed by atoms with E-state index in [0.717, 1.165) is 36.9 Å². The number of benzene rings is 1. The van der Waals surface area contributed by atoms with E-state index in [2.05, 4.69) is 63.6 Å². The fourth-order valence-corrected chi connectivity index (χ4v) is 4.04. The molecule has 3 rings (SSSR count). The number of thiazole rings is 1. The fourth-order valence-electron chi connectivity index (χ4n) is 3.24. The normalized spacial score (nSPS) is 16.2. The Morgan fingerprint density at radius 2 is 2.15 bits per heavy atom. The number of rotatable bonds is 6. The van der Waals surface area contributed by atoms with Crippen molar-refractivity contribution in [2.75, 3.05) is 25.0 Å². The van der Waals surface area contributed by atoms with Crippen LogP contribution in [0, 0.1) is 0 Å². The van der Waals surface area contributed by atoms with Crippen LogP contribution in [-0.2, 0) is 19.4 Å². The highest BCUT2D eigenvalue weighted by Gasteiger charge is 2.24. The molecule has 0 bridgehead atoms. The molecule has 0 radical (unpaired) electrons. The van der Waals surface area contributed by atoms with Crippen LogP contribution in [0.4, 0.5) is 5.69 Å². The van der Waals surface area contributed by atoms with E-state index in [1.165, 1.54) is 16.1 Å². The smallest absolute Gasteiger partial charge is 0.191 e. The van der Waals surface area contributed by atoms with Gasteiger partial charge in [-0.05, 0) is 31.4 Å². The predicted molar refractivity (Wildman–Crippen MR) is 122 cm³/mol. The van der Waals surface area contributed by atoms with Crippen molar-refractivity contribution in [1.29, 1.82) is 0 Å². The lowest BCUT2D eigenvalue weighted by Gasteiger charge is -2.25. The molecule has 1 aliphatic rings. The van der Waals surface area contributed by atoms with Crippen LogP contribution in [0.15, 0.2) is 35.5 Å². The van der Waals surface area contributed by atoms with E-state index < -0.39 is 0 Å². The SMILES string of the molecule is CCc1cnc(CNC(=NC)NCCN2c3ccccc3CC2C)s1.I. The number of halogens is 1. The van der Waals surface area contributed by atoms with E-state index in [1.807, 2.05) is 13.2 Å². The number of hydrogen-bond acceptors (Lipinski definition) is 4. The number of para-hydroxylation sites is 1. The third kappa shape index (κ3) is 5.09. The van der Waals surface area contributed by atoms with Crippen molar-refractivity contribution in [3.05, 3.63) is 45.9 Å². The number of aromatic nitrogens is 1. The van der Waals surface area contributed by atoms with Gasteiger partial charge in [-0.25, -0.2) is 4.98 Å². The van der Waals surface area contributed by atoms with Crippen LogP contribution in [0.3, 0.4) is 0 Å². The Bertz CT molecular complexity index is 730. The molecule has 2 aromatic rings. The Morgan fingerprint density at radius 1 is 1.35 bits per heavy atom. The summed E-state index contributed by atoms with van der Waals surface area (Å²) < 4.78 is 0. The van der Waals surface area contributed by atoms with Crippen molar-refractivity contribution < 1.29 is 0 Å². The van der Waals surface area contributed by atoms with Crippen molar-refractivity contribution in [2.24, 2.45) is 4.99 Å². The summed E-state index contributed by atoms with van der Waals surface area (Å²) in [5.41, 5.74) is 2.82. The second-order valence-corrected chi connectivity index (χ2v) is 7.50. The molecule has 142 valence electrons. The van der Waals surface area contributed by atoms with E-state index in [4.69, 9.17) is 0 Å². The minimum absolute atomic E-state index is 0. The molecule has 1 aliphatic heterocycles. The van der Waals surface area contributed by atoms with Gasteiger partial charge in [0.05, 0.1) is 6.54 Å². The van der Waals surface area contributed by atoms with Crippen LogP contribution < -0.4 is 15.5 Å². The lowest BCUT2D eigenvalue weighted by molar-refractivity contribution is 0.656. The third-order valence-corrected chi connectivity index (χ3v) is 5.72. The highest BCUT2D eigenvalue weighted by atomic mass is 127. The Kier molecular flexibility index (Phi) is 8.15. The van der Waals surface area contributed by atoms with Crippen molar-refractivity contribution in [3.63, 3.8) is 0 Å². The van der Waals surface area contributed by atoms with Crippen LogP contribution in [0.5, 0.6) is 0 Å². The second-order valence-electron chi connectivity index (χ2n) is 6.30. The minimum atomic E-state index is 0. The number of nitrogens with zero attached hydrogens (tertiary/aromatic N) is 3. The maximum atomic E-state index is 4.44. The number of anilines is 1. The molecule has 1 aromatic carbocycles. The van der Waals surface area contributed by atoms with Gasteiger partial charge in [-0.2, -0.15) is 0 Å². The summed E-state index contributed by atoms with van der Waals surface area (Å²) in [5.74, 6) is 0.827. The Balaban J connectivity index is 0.00000243. The fraction of sp³-hybridized carbons (Fsp3) is 0.474. The lowest BCUT2D eigenvalue weighted by atomic mass is 10.1. The first kappa shape index (κ1) is 21.0. The molecule has 0 aliphatic carbocycles. The standard InChI is InChI=1S/C19H27N5S.HI/c1-4-16-12-22-18(25-16)13-23-19(20-3)21-9-10-24-14(2)11-15-7-5-6-8-17(15)24;/h5-8,12,14H,4,9-11,13H2,1-3H3,(H2,20,21,23);1H. The van der Waals surface area contributed by atoms with Gasteiger partial charge in [0, 0.05) is 42.9 Å². The maximum absolute atomic E-state index is 4.44. The Hall–Kier alpha value is -1.35. The van der Waals surface area contributed by atoms with Crippen molar-refractivity contribution in [2.45, 2.75) is 39.3 Å². The van der Waals surface area contributed by atoms with Gasteiger partial charge in [0.15, 0.2) is 5.96 Å². The van der Waals surface area contributed by atoms with Gasteiger partial charge in [-0.15, -0.1) is 35.3 Å². The summed E-state index contributed by atoms with van der Waals surface area (Å²) in [5, 5.41) is 7.86. The third-order valence-electron chi connectivity index (χ3n) is 4.57. The first-order valence-corrected chi connectivity index (χ1v) is 9.75. The molecule has 0 spiro atoms. The molecule has 0 saturated heterocycles. The number of guanidine groups is 1.